The van der Waals surface area contributed by atoms with Gasteiger partial charge < -0.3 is 10.2 Å². The highest BCUT2D eigenvalue weighted by molar-refractivity contribution is 4.73. The van der Waals surface area contributed by atoms with Gasteiger partial charge in [-0.2, -0.15) is 0 Å². The summed E-state index contributed by atoms with van der Waals surface area (Å²) in [6, 6.07) is 0. The molecule has 1 rings (SSSR count). The number of nitrogens with one attached hydrogen (secondary N) is 1. The zero-order valence-corrected chi connectivity index (χ0v) is 6.47. The maximum absolute atomic E-state index is 5.08. The Balaban J connectivity index is 2.24. The van der Waals surface area contributed by atoms with Crippen LogP contribution < -0.4 is 11.2 Å². The van der Waals surface area contributed by atoms with Crippen molar-refractivity contribution in [1.82, 2.24) is 5.32 Å². The number of hydrogen-bond donors (Lipinski definition) is 2. The number of rotatable bonds is 2. The van der Waals surface area contributed by atoms with E-state index in [1.165, 1.54) is 12.8 Å². The van der Waals surface area contributed by atoms with E-state index in [0.29, 0.717) is 5.92 Å². The van der Waals surface area contributed by atoms with Gasteiger partial charge in [0.05, 0.1) is 6.10 Å². The summed E-state index contributed by atoms with van der Waals surface area (Å²) in [5, 5.41) is 3.31. The van der Waals surface area contributed by atoms with Gasteiger partial charge in [-0.05, 0) is 32.2 Å². The van der Waals surface area contributed by atoms with Crippen LogP contribution in [0.2, 0.25) is 0 Å². The van der Waals surface area contributed by atoms with Crippen molar-refractivity contribution in [3.63, 3.8) is 0 Å². The fourth-order valence-electron chi connectivity index (χ4n) is 1.39. The predicted octanol–water partition coefficient (Wildman–Crippen LogP) is 0.265. The second-order valence-electron chi connectivity index (χ2n) is 2.95. The number of hydrogen-bond acceptors (Lipinski definition) is 3. The van der Waals surface area contributed by atoms with Gasteiger partial charge in [0.15, 0.2) is 0 Å². The molecule has 1 heterocycles. The molecule has 0 aliphatic carbocycles. The van der Waals surface area contributed by atoms with E-state index in [1.807, 2.05) is 6.92 Å². The normalized spacial score (nSPS) is 30.0. The first-order valence-corrected chi connectivity index (χ1v) is 3.91. The molecule has 0 radical (unpaired) electrons. The third kappa shape index (κ3) is 1.94. The van der Waals surface area contributed by atoms with Crippen molar-refractivity contribution < 1.29 is 4.84 Å². The Morgan fingerprint density at radius 3 is 3.00 bits per heavy atom. The maximum atomic E-state index is 5.08. The van der Waals surface area contributed by atoms with Crippen LogP contribution in [0.15, 0.2) is 0 Å². The third-order valence-corrected chi connectivity index (χ3v) is 2.21. The van der Waals surface area contributed by atoms with Gasteiger partial charge in [-0.1, -0.05) is 0 Å². The van der Waals surface area contributed by atoms with E-state index >= 15 is 0 Å². The summed E-state index contributed by atoms with van der Waals surface area (Å²) in [5.74, 6) is 5.69. The second kappa shape index (κ2) is 3.91. The first-order chi connectivity index (χ1) is 4.84. The average molecular weight is 144 g/mol. The van der Waals surface area contributed by atoms with E-state index in [4.69, 9.17) is 10.7 Å². The van der Waals surface area contributed by atoms with Gasteiger partial charge >= 0.3 is 0 Å². The molecule has 0 bridgehead atoms. The zero-order valence-electron chi connectivity index (χ0n) is 6.47. The van der Waals surface area contributed by atoms with Crippen molar-refractivity contribution >= 4 is 0 Å². The molecule has 1 aliphatic heterocycles. The van der Waals surface area contributed by atoms with Crippen LogP contribution in [0.3, 0.4) is 0 Å². The van der Waals surface area contributed by atoms with Crippen molar-refractivity contribution in [3.8, 4) is 0 Å². The van der Waals surface area contributed by atoms with Crippen LogP contribution in [0.25, 0.3) is 0 Å². The molecule has 3 N–H and O–H groups in total. The van der Waals surface area contributed by atoms with Crippen LogP contribution in [0, 0.1) is 5.92 Å². The second-order valence-corrected chi connectivity index (χ2v) is 2.95. The van der Waals surface area contributed by atoms with Crippen LogP contribution >= 0.6 is 0 Å². The van der Waals surface area contributed by atoms with Crippen molar-refractivity contribution in [3.05, 3.63) is 0 Å². The number of nitrogens with two attached hydrogens (primary N) is 1. The molecule has 60 valence electrons. The molecule has 3 heteroatoms. The van der Waals surface area contributed by atoms with Crippen molar-refractivity contribution in [1.29, 1.82) is 0 Å². The van der Waals surface area contributed by atoms with Gasteiger partial charge in [-0.3, -0.25) is 0 Å². The fourth-order valence-corrected chi connectivity index (χ4v) is 1.39. The number of piperidine rings is 1. The van der Waals surface area contributed by atoms with E-state index in [1.54, 1.807) is 0 Å². The summed E-state index contributed by atoms with van der Waals surface area (Å²) in [5.41, 5.74) is 0. The van der Waals surface area contributed by atoms with Crippen LogP contribution in [-0.4, -0.2) is 19.2 Å². The molecule has 1 saturated heterocycles. The molecule has 10 heavy (non-hydrogen) atoms. The SMILES string of the molecule is CC(ON)C1CCCNC1. The lowest BCUT2D eigenvalue weighted by molar-refractivity contribution is 0.0165. The van der Waals surface area contributed by atoms with Crippen molar-refractivity contribution in [2.45, 2.75) is 25.9 Å². The molecule has 1 aliphatic rings. The Morgan fingerprint density at radius 1 is 1.70 bits per heavy atom. The van der Waals surface area contributed by atoms with Crippen LogP contribution in [0.4, 0.5) is 0 Å². The molecular formula is C7H16N2O. The van der Waals surface area contributed by atoms with Gasteiger partial charge in [-0.15, -0.1) is 0 Å². The molecule has 2 atom stereocenters. The highest BCUT2D eigenvalue weighted by Gasteiger charge is 2.19. The summed E-state index contributed by atoms with van der Waals surface area (Å²) in [6.45, 7) is 4.23. The highest BCUT2D eigenvalue weighted by Crippen LogP contribution is 2.14. The Bertz CT molecular complexity index is 91.6. The molecule has 3 nitrogen and oxygen atoms in total. The van der Waals surface area contributed by atoms with Gasteiger partial charge in [0.1, 0.15) is 0 Å². The Morgan fingerprint density at radius 2 is 2.50 bits per heavy atom. The van der Waals surface area contributed by atoms with Gasteiger partial charge in [-0.25, -0.2) is 5.90 Å². The first-order valence-electron chi connectivity index (χ1n) is 3.91. The Hall–Kier alpha value is -0.120. The van der Waals surface area contributed by atoms with E-state index in [2.05, 4.69) is 5.32 Å². The Kier molecular flexibility index (Phi) is 3.12. The molecule has 0 aromatic carbocycles. The molecule has 1 fully saturated rings. The van der Waals surface area contributed by atoms with Gasteiger partial charge in [0, 0.05) is 6.54 Å². The predicted molar refractivity (Wildman–Crippen MR) is 40.3 cm³/mol. The lowest BCUT2D eigenvalue weighted by Gasteiger charge is -2.26. The zero-order chi connectivity index (χ0) is 7.40. The molecule has 0 amide bonds. The summed E-state index contributed by atoms with van der Waals surface area (Å²) in [6.07, 6.45) is 2.69. The van der Waals surface area contributed by atoms with Gasteiger partial charge in [0.2, 0.25) is 0 Å². The average Bonchev–Trinajstić information content (AvgIpc) is 2.05. The molecule has 0 spiro atoms. The van der Waals surface area contributed by atoms with E-state index in [-0.39, 0.29) is 6.10 Å². The molecule has 0 aromatic heterocycles. The van der Waals surface area contributed by atoms with E-state index in [0.717, 1.165) is 13.1 Å². The molecule has 0 aromatic rings. The minimum atomic E-state index is 0.202. The quantitative estimate of drug-likeness (QED) is 0.547. The molecule has 2 unspecified atom stereocenters. The largest absolute Gasteiger partial charge is 0.316 e. The van der Waals surface area contributed by atoms with E-state index in [9.17, 15) is 0 Å². The monoisotopic (exact) mass is 144 g/mol. The van der Waals surface area contributed by atoms with Crippen LogP contribution in [-0.2, 0) is 4.84 Å². The summed E-state index contributed by atoms with van der Waals surface area (Å²) in [4.78, 5) is 4.75. The lowest BCUT2D eigenvalue weighted by Crippen LogP contribution is -2.37. The summed E-state index contributed by atoms with van der Waals surface area (Å²) in [7, 11) is 0. The van der Waals surface area contributed by atoms with Gasteiger partial charge in [0.25, 0.3) is 0 Å². The molecular weight excluding hydrogens is 128 g/mol. The fraction of sp³-hybridized carbons (Fsp3) is 1.00. The van der Waals surface area contributed by atoms with Crippen LogP contribution in [0.1, 0.15) is 19.8 Å². The van der Waals surface area contributed by atoms with E-state index < -0.39 is 0 Å². The lowest BCUT2D eigenvalue weighted by atomic mass is 9.95. The third-order valence-electron chi connectivity index (χ3n) is 2.21. The standard InChI is InChI=1S/C7H16N2O/c1-6(10-8)7-3-2-4-9-5-7/h6-7,9H,2-5,8H2,1H3. The van der Waals surface area contributed by atoms with Crippen LogP contribution in [0.5, 0.6) is 0 Å². The maximum Gasteiger partial charge on any atom is 0.0799 e. The summed E-state index contributed by atoms with van der Waals surface area (Å²) < 4.78 is 0. The van der Waals surface area contributed by atoms with Crippen molar-refractivity contribution in [2.75, 3.05) is 13.1 Å². The smallest absolute Gasteiger partial charge is 0.0799 e. The minimum absolute atomic E-state index is 0.202. The minimum Gasteiger partial charge on any atom is -0.316 e. The Labute approximate surface area is 61.9 Å². The van der Waals surface area contributed by atoms with Crippen molar-refractivity contribution in [2.24, 2.45) is 11.8 Å². The summed E-state index contributed by atoms with van der Waals surface area (Å²) >= 11 is 0. The highest BCUT2D eigenvalue weighted by atomic mass is 16.6. The topological polar surface area (TPSA) is 47.3 Å². The molecule has 0 saturated carbocycles. The first kappa shape index (κ1) is 7.98.